The first kappa shape index (κ1) is 10.2. The molecule has 3 heteroatoms. The topological polar surface area (TPSA) is 42.4 Å². The second-order valence-electron chi connectivity index (χ2n) is 2.84. The molecule has 13 heavy (non-hydrogen) atoms. The first-order valence-electron chi connectivity index (χ1n) is 4.48. The number of aliphatic hydroxyl groups is 1. The Labute approximate surface area is 78.4 Å². The molecule has 1 unspecified atom stereocenters. The molecule has 0 aliphatic carbocycles. The third-order valence-electron chi connectivity index (χ3n) is 1.69. The number of hydrogen-bond donors (Lipinski definition) is 1. The SMILES string of the molecule is CCOCC(O)Cc1ccccn1. The van der Waals surface area contributed by atoms with E-state index in [1.165, 1.54) is 0 Å². The minimum Gasteiger partial charge on any atom is -0.390 e. The summed E-state index contributed by atoms with van der Waals surface area (Å²) in [7, 11) is 0. The highest BCUT2D eigenvalue weighted by Gasteiger charge is 2.05. The predicted octanol–water partition coefficient (Wildman–Crippen LogP) is 1.02. The van der Waals surface area contributed by atoms with Crippen LogP contribution in [0.5, 0.6) is 0 Å². The lowest BCUT2D eigenvalue weighted by Gasteiger charge is -2.09. The van der Waals surface area contributed by atoms with E-state index in [4.69, 9.17) is 4.74 Å². The zero-order chi connectivity index (χ0) is 9.52. The predicted molar refractivity (Wildman–Crippen MR) is 50.4 cm³/mol. The van der Waals surface area contributed by atoms with Gasteiger partial charge in [-0.2, -0.15) is 0 Å². The van der Waals surface area contributed by atoms with Crippen LogP contribution in [0.2, 0.25) is 0 Å². The molecule has 0 amide bonds. The Morgan fingerprint density at radius 3 is 3.00 bits per heavy atom. The molecule has 1 heterocycles. The van der Waals surface area contributed by atoms with Gasteiger partial charge in [-0.3, -0.25) is 4.98 Å². The summed E-state index contributed by atoms with van der Waals surface area (Å²) in [6.07, 6.45) is 1.83. The van der Waals surface area contributed by atoms with Gasteiger partial charge < -0.3 is 9.84 Å². The Morgan fingerprint density at radius 1 is 1.54 bits per heavy atom. The fraction of sp³-hybridized carbons (Fsp3) is 0.500. The average Bonchev–Trinajstić information content (AvgIpc) is 2.16. The van der Waals surface area contributed by atoms with Crippen molar-refractivity contribution in [1.29, 1.82) is 0 Å². The van der Waals surface area contributed by atoms with Crippen LogP contribution in [0.15, 0.2) is 24.4 Å². The van der Waals surface area contributed by atoms with Crippen molar-refractivity contribution in [2.75, 3.05) is 13.2 Å². The van der Waals surface area contributed by atoms with Gasteiger partial charge in [0.15, 0.2) is 0 Å². The quantitative estimate of drug-likeness (QED) is 0.737. The van der Waals surface area contributed by atoms with E-state index in [1.54, 1.807) is 6.20 Å². The van der Waals surface area contributed by atoms with Crippen LogP contribution in [0.25, 0.3) is 0 Å². The summed E-state index contributed by atoms with van der Waals surface area (Å²) in [5, 5.41) is 9.47. The molecule has 1 aromatic heterocycles. The molecule has 3 nitrogen and oxygen atoms in total. The first-order valence-corrected chi connectivity index (χ1v) is 4.48. The van der Waals surface area contributed by atoms with E-state index in [9.17, 15) is 5.11 Å². The molecule has 1 rings (SSSR count). The number of ether oxygens (including phenoxy) is 1. The molecule has 0 aromatic carbocycles. The van der Waals surface area contributed by atoms with Gasteiger partial charge in [0.1, 0.15) is 0 Å². The fourth-order valence-corrected chi connectivity index (χ4v) is 1.07. The van der Waals surface area contributed by atoms with E-state index in [-0.39, 0.29) is 0 Å². The highest BCUT2D eigenvalue weighted by molar-refractivity contribution is 5.04. The van der Waals surface area contributed by atoms with E-state index >= 15 is 0 Å². The molecule has 0 aliphatic rings. The number of hydrogen-bond acceptors (Lipinski definition) is 3. The highest BCUT2D eigenvalue weighted by Crippen LogP contribution is 1.99. The van der Waals surface area contributed by atoms with Crippen molar-refractivity contribution in [2.45, 2.75) is 19.4 Å². The van der Waals surface area contributed by atoms with Gasteiger partial charge in [-0.1, -0.05) is 6.07 Å². The Kier molecular flexibility index (Phi) is 4.43. The van der Waals surface area contributed by atoms with Crippen LogP contribution in [0.4, 0.5) is 0 Å². The molecule has 0 saturated heterocycles. The molecule has 0 spiro atoms. The fourth-order valence-electron chi connectivity index (χ4n) is 1.07. The van der Waals surface area contributed by atoms with Crippen molar-refractivity contribution in [3.05, 3.63) is 30.1 Å². The van der Waals surface area contributed by atoms with Gasteiger partial charge in [-0.15, -0.1) is 0 Å². The molecule has 1 aromatic rings. The Balaban J connectivity index is 2.32. The molecule has 0 saturated carbocycles. The van der Waals surface area contributed by atoms with Crippen molar-refractivity contribution >= 4 is 0 Å². The van der Waals surface area contributed by atoms with Crippen molar-refractivity contribution in [3.63, 3.8) is 0 Å². The second-order valence-corrected chi connectivity index (χ2v) is 2.84. The average molecular weight is 181 g/mol. The summed E-state index contributed by atoms with van der Waals surface area (Å²) in [5.74, 6) is 0. The van der Waals surface area contributed by atoms with Gasteiger partial charge in [-0.05, 0) is 19.1 Å². The van der Waals surface area contributed by atoms with Gasteiger partial charge in [0.25, 0.3) is 0 Å². The van der Waals surface area contributed by atoms with E-state index in [1.807, 2.05) is 25.1 Å². The molecule has 1 N–H and O–H groups in total. The zero-order valence-electron chi connectivity index (χ0n) is 7.81. The third kappa shape index (κ3) is 4.01. The zero-order valence-corrected chi connectivity index (χ0v) is 7.81. The Morgan fingerprint density at radius 2 is 2.38 bits per heavy atom. The number of aliphatic hydroxyl groups excluding tert-OH is 1. The molecule has 0 fully saturated rings. The molecule has 0 radical (unpaired) electrons. The van der Waals surface area contributed by atoms with Crippen LogP contribution in [-0.2, 0) is 11.2 Å². The van der Waals surface area contributed by atoms with E-state index < -0.39 is 6.10 Å². The van der Waals surface area contributed by atoms with Crippen molar-refractivity contribution in [2.24, 2.45) is 0 Å². The highest BCUT2D eigenvalue weighted by atomic mass is 16.5. The maximum Gasteiger partial charge on any atom is 0.0828 e. The van der Waals surface area contributed by atoms with Crippen LogP contribution >= 0.6 is 0 Å². The largest absolute Gasteiger partial charge is 0.390 e. The van der Waals surface area contributed by atoms with Crippen LogP contribution in [0, 0.1) is 0 Å². The summed E-state index contributed by atoms with van der Waals surface area (Å²) < 4.78 is 5.09. The smallest absolute Gasteiger partial charge is 0.0828 e. The normalized spacial score (nSPS) is 12.8. The lowest BCUT2D eigenvalue weighted by Crippen LogP contribution is -2.18. The van der Waals surface area contributed by atoms with Gasteiger partial charge in [-0.25, -0.2) is 0 Å². The monoisotopic (exact) mass is 181 g/mol. The van der Waals surface area contributed by atoms with E-state index in [2.05, 4.69) is 4.98 Å². The summed E-state index contributed by atoms with van der Waals surface area (Å²) in [6, 6.07) is 5.67. The molecule has 0 bridgehead atoms. The van der Waals surface area contributed by atoms with Crippen molar-refractivity contribution < 1.29 is 9.84 Å². The second kappa shape index (κ2) is 5.67. The number of pyridine rings is 1. The van der Waals surface area contributed by atoms with Gasteiger partial charge in [0.05, 0.1) is 12.7 Å². The maximum absolute atomic E-state index is 9.47. The molecule has 72 valence electrons. The summed E-state index contributed by atoms with van der Waals surface area (Å²) in [6.45, 7) is 2.93. The standard InChI is InChI=1S/C10H15NO2/c1-2-13-8-10(12)7-9-5-3-4-6-11-9/h3-6,10,12H,2,7-8H2,1H3. The molecular formula is C10H15NO2. The molecule has 0 aliphatic heterocycles. The minimum absolute atomic E-state index is 0.382. The Hall–Kier alpha value is -0.930. The summed E-state index contributed by atoms with van der Waals surface area (Å²) >= 11 is 0. The molecule has 1 atom stereocenters. The minimum atomic E-state index is -0.449. The van der Waals surface area contributed by atoms with Crippen molar-refractivity contribution in [3.8, 4) is 0 Å². The van der Waals surface area contributed by atoms with Gasteiger partial charge >= 0.3 is 0 Å². The van der Waals surface area contributed by atoms with Crippen LogP contribution in [0.1, 0.15) is 12.6 Å². The van der Waals surface area contributed by atoms with Crippen molar-refractivity contribution in [1.82, 2.24) is 4.98 Å². The molecular weight excluding hydrogens is 166 g/mol. The number of nitrogens with zero attached hydrogens (tertiary/aromatic N) is 1. The lowest BCUT2D eigenvalue weighted by atomic mass is 10.2. The van der Waals surface area contributed by atoms with E-state index in [0.717, 1.165) is 5.69 Å². The van der Waals surface area contributed by atoms with Gasteiger partial charge in [0, 0.05) is 24.9 Å². The summed E-state index contributed by atoms with van der Waals surface area (Å²) in [5.41, 5.74) is 0.898. The first-order chi connectivity index (χ1) is 6.33. The maximum atomic E-state index is 9.47. The van der Waals surface area contributed by atoms with E-state index in [0.29, 0.717) is 19.6 Å². The summed E-state index contributed by atoms with van der Waals surface area (Å²) in [4.78, 5) is 4.11. The Bertz CT molecular complexity index is 226. The number of aromatic nitrogens is 1. The number of rotatable bonds is 5. The van der Waals surface area contributed by atoms with Gasteiger partial charge in [0.2, 0.25) is 0 Å². The lowest BCUT2D eigenvalue weighted by molar-refractivity contribution is 0.0425. The third-order valence-corrected chi connectivity index (χ3v) is 1.69. The van der Waals surface area contributed by atoms with Crippen LogP contribution in [0.3, 0.4) is 0 Å². The van der Waals surface area contributed by atoms with Crippen LogP contribution in [-0.4, -0.2) is 29.4 Å². The van der Waals surface area contributed by atoms with Crippen LogP contribution < -0.4 is 0 Å².